The van der Waals surface area contributed by atoms with Crippen molar-refractivity contribution in [3.8, 4) is 0 Å². The summed E-state index contributed by atoms with van der Waals surface area (Å²) in [4.78, 5) is 0. The number of hydrazone groups is 1. The summed E-state index contributed by atoms with van der Waals surface area (Å²) in [6.07, 6.45) is 1.30. The molecule has 0 amide bonds. The maximum Gasteiger partial charge on any atom is 0.184 e. The van der Waals surface area contributed by atoms with Gasteiger partial charge in [0.1, 0.15) is 5.82 Å². The first-order chi connectivity index (χ1) is 6.59. The molecule has 1 aromatic carbocycles. The lowest BCUT2D eigenvalue weighted by atomic mass is 10.2. The zero-order valence-electron chi connectivity index (χ0n) is 7.00. The summed E-state index contributed by atoms with van der Waals surface area (Å²) in [6.45, 7) is 0. The molecule has 0 aliphatic rings. The summed E-state index contributed by atoms with van der Waals surface area (Å²) >= 11 is 7.74. The summed E-state index contributed by atoms with van der Waals surface area (Å²) in [5, 5.41) is 3.68. The van der Waals surface area contributed by atoms with Gasteiger partial charge in [-0.3, -0.25) is 5.43 Å². The number of nitrogens with one attached hydrogen (secondary N) is 1. The smallest absolute Gasteiger partial charge is 0.184 e. The van der Waals surface area contributed by atoms with Crippen molar-refractivity contribution in [3.63, 3.8) is 0 Å². The van der Waals surface area contributed by atoms with Crippen molar-refractivity contribution in [2.75, 3.05) is 0 Å². The van der Waals surface area contributed by atoms with Crippen LogP contribution in [0.15, 0.2) is 27.8 Å². The highest BCUT2D eigenvalue weighted by Crippen LogP contribution is 2.13. The van der Waals surface area contributed by atoms with Crippen molar-refractivity contribution in [2.24, 2.45) is 10.8 Å². The quantitative estimate of drug-likeness (QED) is 0.491. The maximum absolute atomic E-state index is 13.1. The number of nitrogens with zero attached hydrogens (tertiary/aromatic N) is 1. The van der Waals surface area contributed by atoms with Gasteiger partial charge >= 0.3 is 0 Å². The molecule has 0 saturated heterocycles. The standard InChI is InChI=1S/C8H7BrFN3S/c9-6-1-2-7(10)5(3-6)4-12-13-8(11)14/h1-4H,(H3,11,13,14). The third-order valence-corrected chi connectivity index (χ3v) is 1.92. The second-order valence-corrected chi connectivity index (χ2v) is 3.76. The van der Waals surface area contributed by atoms with Crippen LogP contribution in [0.2, 0.25) is 0 Å². The third-order valence-electron chi connectivity index (χ3n) is 1.34. The Kier molecular flexibility index (Phi) is 3.97. The lowest BCUT2D eigenvalue weighted by molar-refractivity contribution is 0.625. The molecule has 0 heterocycles. The highest BCUT2D eigenvalue weighted by molar-refractivity contribution is 9.10. The van der Waals surface area contributed by atoms with Crippen LogP contribution < -0.4 is 11.2 Å². The van der Waals surface area contributed by atoms with E-state index in [0.29, 0.717) is 5.56 Å². The molecule has 1 rings (SSSR count). The Balaban J connectivity index is 2.80. The fourth-order valence-electron chi connectivity index (χ4n) is 0.779. The molecule has 0 fully saturated rings. The van der Waals surface area contributed by atoms with Crippen LogP contribution in [0.4, 0.5) is 4.39 Å². The van der Waals surface area contributed by atoms with Crippen LogP contribution in [-0.2, 0) is 0 Å². The van der Waals surface area contributed by atoms with Crippen molar-refractivity contribution >= 4 is 39.5 Å². The van der Waals surface area contributed by atoms with Crippen LogP contribution in [0.5, 0.6) is 0 Å². The summed E-state index contributed by atoms with van der Waals surface area (Å²) in [5.41, 5.74) is 7.82. The number of hydrogen-bond donors (Lipinski definition) is 2. The molecule has 14 heavy (non-hydrogen) atoms. The molecule has 0 aliphatic heterocycles. The Labute approximate surface area is 94.3 Å². The van der Waals surface area contributed by atoms with Crippen LogP contribution in [-0.4, -0.2) is 11.3 Å². The van der Waals surface area contributed by atoms with Gasteiger partial charge in [-0.2, -0.15) is 5.10 Å². The van der Waals surface area contributed by atoms with E-state index in [1.54, 1.807) is 12.1 Å². The van der Waals surface area contributed by atoms with Crippen LogP contribution >= 0.6 is 28.1 Å². The molecule has 0 bridgehead atoms. The Morgan fingerprint density at radius 1 is 1.64 bits per heavy atom. The van der Waals surface area contributed by atoms with Gasteiger partial charge in [0.15, 0.2) is 5.11 Å². The fraction of sp³-hybridized carbons (Fsp3) is 0. The van der Waals surface area contributed by atoms with Gasteiger partial charge in [-0.05, 0) is 30.4 Å². The van der Waals surface area contributed by atoms with E-state index >= 15 is 0 Å². The average Bonchev–Trinajstić information content (AvgIpc) is 2.10. The van der Waals surface area contributed by atoms with Crippen LogP contribution in [0, 0.1) is 5.82 Å². The molecule has 6 heteroatoms. The molecule has 3 N–H and O–H groups in total. The predicted molar refractivity (Wildman–Crippen MR) is 61.6 cm³/mol. The Morgan fingerprint density at radius 2 is 2.36 bits per heavy atom. The van der Waals surface area contributed by atoms with E-state index in [0.717, 1.165) is 4.47 Å². The third kappa shape index (κ3) is 3.39. The molecule has 74 valence electrons. The number of nitrogens with two attached hydrogens (primary N) is 1. The number of hydrogen-bond acceptors (Lipinski definition) is 2. The van der Waals surface area contributed by atoms with Gasteiger partial charge in [0, 0.05) is 10.0 Å². The first-order valence-electron chi connectivity index (χ1n) is 3.63. The second kappa shape index (κ2) is 5.02. The first kappa shape index (κ1) is 11.1. The molecular formula is C8H7BrFN3S. The molecule has 0 unspecified atom stereocenters. The van der Waals surface area contributed by atoms with Crippen molar-refractivity contribution in [1.82, 2.24) is 5.43 Å². The van der Waals surface area contributed by atoms with Gasteiger partial charge in [0.2, 0.25) is 0 Å². The van der Waals surface area contributed by atoms with E-state index in [4.69, 9.17) is 5.73 Å². The SMILES string of the molecule is NC(=S)NN=Cc1cc(Br)ccc1F. The monoisotopic (exact) mass is 275 g/mol. The van der Waals surface area contributed by atoms with Crippen molar-refractivity contribution in [3.05, 3.63) is 34.1 Å². The molecule has 3 nitrogen and oxygen atoms in total. The maximum atomic E-state index is 13.1. The second-order valence-electron chi connectivity index (χ2n) is 2.40. The Morgan fingerprint density at radius 3 is 3.00 bits per heavy atom. The van der Waals surface area contributed by atoms with Crippen LogP contribution in [0.25, 0.3) is 0 Å². The molecule has 0 aromatic heterocycles. The molecule has 1 aromatic rings. The van der Waals surface area contributed by atoms with E-state index in [1.807, 2.05) is 0 Å². The van der Waals surface area contributed by atoms with Crippen LogP contribution in [0.3, 0.4) is 0 Å². The zero-order chi connectivity index (χ0) is 10.6. The molecule has 0 spiro atoms. The topological polar surface area (TPSA) is 50.4 Å². The Hall–Kier alpha value is -1.01. The van der Waals surface area contributed by atoms with E-state index in [2.05, 4.69) is 38.7 Å². The summed E-state index contributed by atoms with van der Waals surface area (Å²) < 4.78 is 13.9. The van der Waals surface area contributed by atoms with E-state index in [9.17, 15) is 4.39 Å². The Bertz CT molecular complexity index is 381. The highest BCUT2D eigenvalue weighted by atomic mass is 79.9. The van der Waals surface area contributed by atoms with E-state index in [1.165, 1.54) is 12.3 Å². The minimum absolute atomic E-state index is 0.0386. The fourth-order valence-corrected chi connectivity index (χ4v) is 1.21. The summed E-state index contributed by atoms with van der Waals surface area (Å²) in [6, 6.07) is 4.54. The van der Waals surface area contributed by atoms with Gasteiger partial charge in [0.05, 0.1) is 6.21 Å². The molecule has 0 atom stereocenters. The summed E-state index contributed by atoms with van der Waals surface area (Å²) in [7, 11) is 0. The van der Waals surface area contributed by atoms with Gasteiger partial charge in [0.25, 0.3) is 0 Å². The van der Waals surface area contributed by atoms with Gasteiger partial charge in [-0.1, -0.05) is 15.9 Å². The number of benzene rings is 1. The van der Waals surface area contributed by atoms with E-state index < -0.39 is 0 Å². The van der Waals surface area contributed by atoms with Gasteiger partial charge in [-0.25, -0.2) is 4.39 Å². The number of halogens is 2. The van der Waals surface area contributed by atoms with Crippen molar-refractivity contribution in [2.45, 2.75) is 0 Å². The summed E-state index contributed by atoms with van der Waals surface area (Å²) in [5.74, 6) is -0.360. The average molecular weight is 276 g/mol. The molecule has 0 radical (unpaired) electrons. The predicted octanol–water partition coefficient (Wildman–Crippen LogP) is 1.76. The van der Waals surface area contributed by atoms with Crippen molar-refractivity contribution < 1.29 is 4.39 Å². The minimum Gasteiger partial charge on any atom is -0.375 e. The number of rotatable bonds is 2. The van der Waals surface area contributed by atoms with Gasteiger partial charge in [-0.15, -0.1) is 0 Å². The minimum atomic E-state index is -0.360. The first-order valence-corrected chi connectivity index (χ1v) is 4.83. The lowest BCUT2D eigenvalue weighted by Gasteiger charge is -1.97. The normalized spacial score (nSPS) is 10.4. The lowest BCUT2D eigenvalue weighted by Crippen LogP contribution is -2.24. The number of thiocarbonyl (C=S) groups is 1. The van der Waals surface area contributed by atoms with Gasteiger partial charge < -0.3 is 5.73 Å². The van der Waals surface area contributed by atoms with E-state index in [-0.39, 0.29) is 10.9 Å². The molecule has 0 saturated carbocycles. The van der Waals surface area contributed by atoms with Crippen LogP contribution in [0.1, 0.15) is 5.56 Å². The largest absolute Gasteiger partial charge is 0.375 e. The zero-order valence-corrected chi connectivity index (χ0v) is 9.40. The molecular weight excluding hydrogens is 269 g/mol. The molecule has 0 aliphatic carbocycles. The van der Waals surface area contributed by atoms with Crippen molar-refractivity contribution in [1.29, 1.82) is 0 Å². The highest BCUT2D eigenvalue weighted by Gasteiger charge is 1.98.